The first-order valence-corrected chi connectivity index (χ1v) is 8.62. The minimum absolute atomic E-state index is 0.142. The summed E-state index contributed by atoms with van der Waals surface area (Å²) in [6, 6.07) is 8.57. The highest BCUT2D eigenvalue weighted by molar-refractivity contribution is 7.92. The highest BCUT2D eigenvalue weighted by atomic mass is 32.2. The molecule has 6 atom stereocenters. The van der Waals surface area contributed by atoms with Crippen molar-refractivity contribution in [3.8, 4) is 0 Å². The summed E-state index contributed by atoms with van der Waals surface area (Å²) in [7, 11) is 5.89. The van der Waals surface area contributed by atoms with Crippen LogP contribution in [0.2, 0.25) is 0 Å². The van der Waals surface area contributed by atoms with Gasteiger partial charge in [0, 0.05) is 28.4 Å². The van der Waals surface area contributed by atoms with E-state index in [-0.39, 0.29) is 6.61 Å². The van der Waals surface area contributed by atoms with Crippen molar-refractivity contribution >= 4 is 11.2 Å². The first-order valence-electron chi connectivity index (χ1n) is 7.47. The number of hydrogen-bond acceptors (Lipinski definition) is 7. The molecule has 1 aromatic rings. The Morgan fingerprint density at radius 1 is 1.08 bits per heavy atom. The number of ether oxygens (including phenoxy) is 5. The molecule has 8 heteroatoms. The van der Waals surface area contributed by atoms with E-state index in [1.54, 1.807) is 30.3 Å². The van der Waals surface area contributed by atoms with Crippen LogP contribution in [0, 0.1) is 0 Å². The van der Waals surface area contributed by atoms with Crippen molar-refractivity contribution in [3.05, 3.63) is 30.3 Å². The summed E-state index contributed by atoms with van der Waals surface area (Å²) in [6.45, 7) is 0.142. The third kappa shape index (κ3) is 3.61. The summed E-state index contributed by atoms with van der Waals surface area (Å²) >= 11 is -1.91. The third-order valence-electron chi connectivity index (χ3n) is 4.02. The zero-order valence-corrected chi connectivity index (χ0v) is 15.0. The standard InChI is InChI=1S/C16H24O7S/c1-19-10-12-13(20-2)14(21-3)15(22-4)16(17,23-12)24(18)11-8-6-5-7-9-11/h5-9,12-15,17H,10H2,1-4H3/t12-,13+,14+,15-,16-,24?/m1/s1. The largest absolute Gasteiger partial charge is 0.607 e. The summed E-state index contributed by atoms with van der Waals surface area (Å²) in [5, 5.41) is 9.02. The zero-order valence-electron chi connectivity index (χ0n) is 14.2. The van der Waals surface area contributed by atoms with Crippen molar-refractivity contribution in [3.63, 3.8) is 0 Å². The van der Waals surface area contributed by atoms with Gasteiger partial charge in [-0.05, 0) is 12.1 Å². The summed E-state index contributed by atoms with van der Waals surface area (Å²) in [6.07, 6.45) is -2.92. The van der Waals surface area contributed by atoms with Crippen LogP contribution >= 0.6 is 0 Å². The van der Waals surface area contributed by atoms with E-state index in [1.165, 1.54) is 28.4 Å². The SMILES string of the molecule is COC[C@H]1O[C@@](O)([S+]([O-])c2ccccc2)[C@H](OC)[C@@H](OC)[C@H]1OC. The van der Waals surface area contributed by atoms with Crippen LogP contribution in [0.5, 0.6) is 0 Å². The minimum Gasteiger partial charge on any atom is -0.607 e. The summed E-state index contributed by atoms with van der Waals surface area (Å²) < 4.78 is 40.3. The zero-order chi connectivity index (χ0) is 17.7. The van der Waals surface area contributed by atoms with Crippen LogP contribution in [0.1, 0.15) is 0 Å². The van der Waals surface area contributed by atoms with E-state index in [0.717, 1.165) is 0 Å². The van der Waals surface area contributed by atoms with Crippen LogP contribution < -0.4 is 0 Å². The molecule has 1 unspecified atom stereocenters. The van der Waals surface area contributed by atoms with Gasteiger partial charge in [-0.3, -0.25) is 4.74 Å². The van der Waals surface area contributed by atoms with Crippen LogP contribution in [0.15, 0.2) is 35.2 Å². The quantitative estimate of drug-likeness (QED) is 0.710. The van der Waals surface area contributed by atoms with Gasteiger partial charge in [-0.25, -0.2) is 0 Å². The minimum atomic E-state index is -2.10. The molecule has 24 heavy (non-hydrogen) atoms. The summed E-state index contributed by atoms with van der Waals surface area (Å²) in [5.74, 6) is 0. The Balaban J connectivity index is 2.41. The number of rotatable bonds is 7. The monoisotopic (exact) mass is 360 g/mol. The molecular weight excluding hydrogens is 336 g/mol. The van der Waals surface area contributed by atoms with Gasteiger partial charge in [0.05, 0.1) is 17.8 Å². The molecule has 7 nitrogen and oxygen atoms in total. The number of aliphatic hydroxyl groups is 1. The Bertz CT molecular complexity index is 502. The van der Waals surface area contributed by atoms with Crippen molar-refractivity contribution in [2.45, 2.75) is 34.4 Å². The van der Waals surface area contributed by atoms with Gasteiger partial charge in [0.1, 0.15) is 18.3 Å². The second kappa shape index (κ2) is 8.59. The molecule has 1 saturated heterocycles. The maximum Gasteiger partial charge on any atom is 0.371 e. The van der Waals surface area contributed by atoms with Crippen molar-refractivity contribution in [2.75, 3.05) is 35.0 Å². The van der Waals surface area contributed by atoms with E-state index >= 15 is 0 Å². The molecule has 0 aromatic heterocycles. The maximum atomic E-state index is 13.0. The molecule has 1 aliphatic heterocycles. The van der Waals surface area contributed by atoms with E-state index in [9.17, 15) is 9.66 Å². The fourth-order valence-electron chi connectivity index (χ4n) is 2.92. The molecular formula is C16H24O7S. The van der Waals surface area contributed by atoms with Crippen LogP contribution in [-0.2, 0) is 34.9 Å². The van der Waals surface area contributed by atoms with E-state index < -0.39 is 40.7 Å². The van der Waals surface area contributed by atoms with Crippen molar-refractivity contribution in [1.82, 2.24) is 0 Å². The van der Waals surface area contributed by atoms with Gasteiger partial charge in [-0.2, -0.15) is 0 Å². The molecule has 1 N–H and O–H groups in total. The normalized spacial score (nSPS) is 34.9. The van der Waals surface area contributed by atoms with Crippen molar-refractivity contribution in [1.29, 1.82) is 0 Å². The van der Waals surface area contributed by atoms with E-state index in [2.05, 4.69) is 0 Å². The second-order valence-electron chi connectivity index (χ2n) is 5.38. The van der Waals surface area contributed by atoms with Gasteiger partial charge in [0.25, 0.3) is 0 Å². The fraction of sp³-hybridized carbons (Fsp3) is 0.625. The molecule has 0 saturated carbocycles. The highest BCUT2D eigenvalue weighted by Crippen LogP contribution is 2.39. The Morgan fingerprint density at radius 2 is 1.71 bits per heavy atom. The van der Waals surface area contributed by atoms with Gasteiger partial charge in [0.15, 0.2) is 11.0 Å². The molecule has 1 heterocycles. The second-order valence-corrected chi connectivity index (χ2v) is 6.97. The lowest BCUT2D eigenvalue weighted by Gasteiger charge is -2.47. The molecule has 2 rings (SSSR count). The topological polar surface area (TPSA) is 89.4 Å². The van der Waals surface area contributed by atoms with E-state index in [4.69, 9.17) is 23.7 Å². The third-order valence-corrected chi connectivity index (χ3v) is 5.58. The number of hydrogen-bond donors (Lipinski definition) is 1. The van der Waals surface area contributed by atoms with Crippen molar-refractivity contribution in [2.24, 2.45) is 0 Å². The van der Waals surface area contributed by atoms with Crippen LogP contribution in [0.4, 0.5) is 0 Å². The molecule has 1 aliphatic rings. The van der Waals surface area contributed by atoms with Gasteiger partial charge in [-0.1, -0.05) is 18.2 Å². The van der Waals surface area contributed by atoms with Gasteiger partial charge < -0.3 is 28.6 Å². The molecule has 1 aromatic carbocycles. The lowest BCUT2D eigenvalue weighted by molar-refractivity contribution is -0.321. The fourth-order valence-corrected chi connectivity index (χ4v) is 4.32. The predicted octanol–water partition coefficient (Wildman–Crippen LogP) is 0.530. The van der Waals surface area contributed by atoms with Crippen LogP contribution in [-0.4, -0.2) is 74.2 Å². The Labute approximate surface area is 145 Å². The van der Waals surface area contributed by atoms with Crippen LogP contribution in [0.25, 0.3) is 0 Å². The molecule has 1 fully saturated rings. The Morgan fingerprint density at radius 3 is 2.21 bits per heavy atom. The molecule has 136 valence electrons. The van der Waals surface area contributed by atoms with E-state index in [1.807, 2.05) is 0 Å². The van der Waals surface area contributed by atoms with Gasteiger partial charge in [0.2, 0.25) is 0 Å². The lowest BCUT2D eigenvalue weighted by Crippen LogP contribution is -2.69. The summed E-state index contributed by atoms with van der Waals surface area (Å²) in [5.41, 5.74) is 0. The maximum absolute atomic E-state index is 13.0. The molecule has 0 amide bonds. The van der Waals surface area contributed by atoms with Crippen molar-refractivity contribution < 1.29 is 33.3 Å². The number of methoxy groups -OCH3 is 4. The van der Waals surface area contributed by atoms with Gasteiger partial charge in [-0.15, -0.1) is 0 Å². The van der Waals surface area contributed by atoms with Gasteiger partial charge >= 0.3 is 5.12 Å². The Kier molecular flexibility index (Phi) is 7.02. The average molecular weight is 360 g/mol. The molecule has 0 aliphatic carbocycles. The predicted molar refractivity (Wildman–Crippen MR) is 86.9 cm³/mol. The van der Waals surface area contributed by atoms with Crippen LogP contribution in [0.3, 0.4) is 0 Å². The lowest BCUT2D eigenvalue weighted by atomic mass is 9.98. The van der Waals surface area contributed by atoms with E-state index in [0.29, 0.717) is 4.90 Å². The average Bonchev–Trinajstić information content (AvgIpc) is 2.61. The first kappa shape index (κ1) is 19.6. The molecule has 0 radical (unpaired) electrons. The number of benzene rings is 1. The first-order chi connectivity index (χ1) is 11.5. The summed E-state index contributed by atoms with van der Waals surface area (Å²) in [4.78, 5) is 0.420. The Hall–Kier alpha value is -0.710. The highest BCUT2D eigenvalue weighted by Gasteiger charge is 2.63. The smallest absolute Gasteiger partial charge is 0.371 e. The molecule has 0 bridgehead atoms. The molecule has 0 spiro atoms.